The van der Waals surface area contributed by atoms with Crippen LogP contribution in [0.3, 0.4) is 0 Å². The lowest BCUT2D eigenvalue weighted by molar-refractivity contribution is 0.111. The zero-order valence-corrected chi connectivity index (χ0v) is 10.00. The van der Waals surface area contributed by atoms with Crippen molar-refractivity contribution in [2.45, 2.75) is 6.61 Å². The van der Waals surface area contributed by atoms with Crippen molar-refractivity contribution in [2.24, 2.45) is 0 Å². The Labute approximate surface area is 105 Å². The summed E-state index contributed by atoms with van der Waals surface area (Å²) < 4.78 is 10.6. The van der Waals surface area contributed by atoms with E-state index in [-0.39, 0.29) is 0 Å². The quantitative estimate of drug-likeness (QED) is 0.757. The Morgan fingerprint density at radius 2 is 2.22 bits per heavy atom. The van der Waals surface area contributed by atoms with Gasteiger partial charge in [-0.15, -0.1) is 0 Å². The van der Waals surface area contributed by atoms with Gasteiger partial charge in [0, 0.05) is 18.0 Å². The SMILES string of the molecule is COc1ccc(OCc2cccnc2)c(C=O)c1. The highest BCUT2D eigenvalue weighted by Crippen LogP contribution is 2.23. The summed E-state index contributed by atoms with van der Waals surface area (Å²) in [4.78, 5) is 15.0. The fourth-order valence-electron chi connectivity index (χ4n) is 1.52. The van der Waals surface area contributed by atoms with Crippen molar-refractivity contribution in [1.82, 2.24) is 4.98 Å². The van der Waals surface area contributed by atoms with E-state index in [2.05, 4.69) is 4.98 Å². The summed E-state index contributed by atoms with van der Waals surface area (Å²) in [6, 6.07) is 8.88. The standard InChI is InChI=1S/C14H13NO3/c1-17-13-4-5-14(12(7-13)9-16)18-10-11-3-2-6-15-8-11/h2-9H,10H2,1H3. The zero-order valence-electron chi connectivity index (χ0n) is 10.00. The Hall–Kier alpha value is -2.36. The molecule has 0 N–H and O–H groups in total. The van der Waals surface area contributed by atoms with Crippen LogP contribution in [0.2, 0.25) is 0 Å². The molecule has 1 heterocycles. The molecule has 0 aliphatic heterocycles. The minimum atomic E-state index is 0.376. The highest BCUT2D eigenvalue weighted by atomic mass is 16.5. The molecule has 0 atom stereocenters. The maximum atomic E-state index is 11.0. The summed E-state index contributed by atoms with van der Waals surface area (Å²) in [5, 5.41) is 0. The molecule has 4 heteroatoms. The molecule has 4 nitrogen and oxygen atoms in total. The number of carbonyl (C=O) groups excluding carboxylic acids is 1. The molecule has 0 aliphatic carbocycles. The largest absolute Gasteiger partial charge is 0.497 e. The highest BCUT2D eigenvalue weighted by molar-refractivity contribution is 5.80. The van der Waals surface area contributed by atoms with Crippen LogP contribution in [0.15, 0.2) is 42.7 Å². The fraction of sp³-hybridized carbons (Fsp3) is 0.143. The average molecular weight is 243 g/mol. The third-order valence-corrected chi connectivity index (χ3v) is 2.46. The number of methoxy groups -OCH3 is 1. The van der Waals surface area contributed by atoms with Gasteiger partial charge in [-0.2, -0.15) is 0 Å². The Balaban J connectivity index is 2.12. The van der Waals surface area contributed by atoms with E-state index >= 15 is 0 Å². The number of hydrogen-bond acceptors (Lipinski definition) is 4. The third kappa shape index (κ3) is 2.85. The van der Waals surface area contributed by atoms with E-state index in [1.54, 1.807) is 37.7 Å². The minimum absolute atomic E-state index is 0.376. The lowest BCUT2D eigenvalue weighted by Crippen LogP contribution is -1.99. The lowest BCUT2D eigenvalue weighted by atomic mass is 10.2. The highest BCUT2D eigenvalue weighted by Gasteiger charge is 2.05. The molecule has 0 saturated heterocycles. The van der Waals surface area contributed by atoms with E-state index in [4.69, 9.17) is 9.47 Å². The van der Waals surface area contributed by atoms with Crippen LogP contribution in [0.4, 0.5) is 0 Å². The number of carbonyl (C=O) groups is 1. The summed E-state index contributed by atoms with van der Waals surface area (Å²) >= 11 is 0. The van der Waals surface area contributed by atoms with Crippen molar-refractivity contribution in [3.63, 3.8) is 0 Å². The van der Waals surface area contributed by atoms with Crippen LogP contribution in [0.1, 0.15) is 15.9 Å². The first-order valence-corrected chi connectivity index (χ1v) is 5.48. The minimum Gasteiger partial charge on any atom is -0.497 e. The lowest BCUT2D eigenvalue weighted by Gasteiger charge is -2.09. The van der Waals surface area contributed by atoms with Crippen molar-refractivity contribution in [2.75, 3.05) is 7.11 Å². The molecule has 0 spiro atoms. The molecule has 0 saturated carbocycles. The number of pyridine rings is 1. The molecule has 1 aromatic heterocycles. The molecule has 0 aliphatic rings. The topological polar surface area (TPSA) is 48.4 Å². The van der Waals surface area contributed by atoms with Crippen molar-refractivity contribution >= 4 is 6.29 Å². The summed E-state index contributed by atoms with van der Waals surface area (Å²) in [5.74, 6) is 1.17. The Morgan fingerprint density at radius 3 is 2.89 bits per heavy atom. The number of nitrogens with zero attached hydrogens (tertiary/aromatic N) is 1. The van der Waals surface area contributed by atoms with Crippen LogP contribution < -0.4 is 9.47 Å². The molecule has 2 rings (SSSR count). The summed E-state index contributed by atoms with van der Waals surface area (Å²) in [7, 11) is 1.56. The Morgan fingerprint density at radius 1 is 1.33 bits per heavy atom. The van der Waals surface area contributed by atoms with Crippen LogP contribution in [-0.4, -0.2) is 18.4 Å². The van der Waals surface area contributed by atoms with Gasteiger partial charge < -0.3 is 9.47 Å². The van der Waals surface area contributed by atoms with E-state index < -0.39 is 0 Å². The number of aromatic nitrogens is 1. The first kappa shape index (κ1) is 12.1. The normalized spacial score (nSPS) is 9.83. The van der Waals surface area contributed by atoms with Gasteiger partial charge in [0.15, 0.2) is 6.29 Å². The second-order valence-corrected chi connectivity index (χ2v) is 3.67. The van der Waals surface area contributed by atoms with Crippen LogP contribution >= 0.6 is 0 Å². The molecule has 0 unspecified atom stereocenters. The summed E-state index contributed by atoms with van der Waals surface area (Å²) in [5.41, 5.74) is 1.42. The molecular formula is C14H13NO3. The molecule has 0 bridgehead atoms. The second-order valence-electron chi connectivity index (χ2n) is 3.67. The first-order chi connectivity index (χ1) is 8.83. The molecule has 1 aromatic carbocycles. The van der Waals surface area contributed by atoms with Gasteiger partial charge in [0.1, 0.15) is 18.1 Å². The van der Waals surface area contributed by atoms with Gasteiger partial charge in [0.25, 0.3) is 0 Å². The first-order valence-electron chi connectivity index (χ1n) is 5.48. The fourth-order valence-corrected chi connectivity index (χ4v) is 1.52. The second kappa shape index (κ2) is 5.82. The van der Waals surface area contributed by atoms with E-state index in [1.807, 2.05) is 12.1 Å². The maximum Gasteiger partial charge on any atom is 0.153 e. The summed E-state index contributed by atoms with van der Waals surface area (Å²) in [6.45, 7) is 0.376. The molecule has 18 heavy (non-hydrogen) atoms. The number of hydrogen-bond donors (Lipinski definition) is 0. The maximum absolute atomic E-state index is 11.0. The molecule has 2 aromatic rings. The monoisotopic (exact) mass is 243 g/mol. The van der Waals surface area contributed by atoms with Gasteiger partial charge in [-0.3, -0.25) is 9.78 Å². The van der Waals surface area contributed by atoms with Crippen LogP contribution in [0.5, 0.6) is 11.5 Å². The third-order valence-electron chi connectivity index (χ3n) is 2.46. The van der Waals surface area contributed by atoms with Crippen molar-refractivity contribution in [3.8, 4) is 11.5 Å². The Kier molecular flexibility index (Phi) is 3.91. The molecule has 0 radical (unpaired) electrons. The van der Waals surface area contributed by atoms with E-state index in [0.29, 0.717) is 23.7 Å². The molecular weight excluding hydrogens is 230 g/mol. The number of benzene rings is 1. The molecule has 92 valence electrons. The average Bonchev–Trinajstić information content (AvgIpc) is 2.46. The smallest absolute Gasteiger partial charge is 0.153 e. The molecule has 0 amide bonds. The predicted molar refractivity (Wildman–Crippen MR) is 67.0 cm³/mol. The van der Waals surface area contributed by atoms with Gasteiger partial charge in [-0.1, -0.05) is 6.07 Å². The van der Waals surface area contributed by atoms with Gasteiger partial charge in [-0.05, 0) is 24.3 Å². The van der Waals surface area contributed by atoms with Crippen molar-refractivity contribution in [3.05, 3.63) is 53.9 Å². The Bertz CT molecular complexity index is 526. The van der Waals surface area contributed by atoms with E-state index in [1.165, 1.54) is 0 Å². The molecule has 0 fully saturated rings. The van der Waals surface area contributed by atoms with E-state index in [9.17, 15) is 4.79 Å². The van der Waals surface area contributed by atoms with E-state index in [0.717, 1.165) is 11.8 Å². The summed E-state index contributed by atoms with van der Waals surface area (Å²) in [6.07, 6.45) is 4.18. The number of aldehydes is 1. The van der Waals surface area contributed by atoms with Gasteiger partial charge in [0.05, 0.1) is 12.7 Å². The zero-order chi connectivity index (χ0) is 12.8. The van der Waals surface area contributed by atoms with Crippen molar-refractivity contribution < 1.29 is 14.3 Å². The van der Waals surface area contributed by atoms with Gasteiger partial charge in [-0.25, -0.2) is 0 Å². The number of rotatable bonds is 5. The van der Waals surface area contributed by atoms with Crippen LogP contribution in [-0.2, 0) is 6.61 Å². The van der Waals surface area contributed by atoms with Crippen LogP contribution in [0, 0.1) is 0 Å². The predicted octanol–water partition coefficient (Wildman–Crippen LogP) is 2.48. The number of ether oxygens (including phenoxy) is 2. The van der Waals surface area contributed by atoms with Crippen molar-refractivity contribution in [1.29, 1.82) is 0 Å². The van der Waals surface area contributed by atoms with Crippen LogP contribution in [0.25, 0.3) is 0 Å². The van der Waals surface area contributed by atoms with Gasteiger partial charge in [0.2, 0.25) is 0 Å². The van der Waals surface area contributed by atoms with Gasteiger partial charge >= 0.3 is 0 Å².